The number of hydrogen-bond acceptors (Lipinski definition) is 3. The molecule has 1 N–H and O–H groups in total. The van der Waals surface area contributed by atoms with Crippen molar-refractivity contribution in [1.82, 2.24) is 10.2 Å². The molecule has 2 aromatic carbocycles. The van der Waals surface area contributed by atoms with Crippen molar-refractivity contribution in [2.24, 2.45) is 0 Å². The van der Waals surface area contributed by atoms with Crippen molar-refractivity contribution in [1.29, 1.82) is 0 Å². The molecule has 0 spiro atoms. The molecule has 4 nitrogen and oxygen atoms in total. The third-order valence-electron chi connectivity index (χ3n) is 4.00. The van der Waals surface area contributed by atoms with Gasteiger partial charge in [-0.1, -0.05) is 42.5 Å². The molecule has 120 valence electrons. The molecule has 1 saturated heterocycles. The van der Waals surface area contributed by atoms with Gasteiger partial charge in [0.05, 0.1) is 6.42 Å². The first-order valence-corrected chi connectivity index (χ1v) is 8.05. The van der Waals surface area contributed by atoms with Crippen molar-refractivity contribution in [3.8, 4) is 5.75 Å². The molecule has 0 atom stereocenters. The fourth-order valence-electron chi connectivity index (χ4n) is 2.65. The predicted octanol–water partition coefficient (Wildman–Crippen LogP) is 2.24. The molecule has 1 aliphatic heterocycles. The summed E-state index contributed by atoms with van der Waals surface area (Å²) in [7, 11) is 0. The van der Waals surface area contributed by atoms with Gasteiger partial charge < -0.3 is 15.0 Å². The summed E-state index contributed by atoms with van der Waals surface area (Å²) in [6.07, 6.45) is 0.457. The fourth-order valence-corrected chi connectivity index (χ4v) is 2.65. The second-order valence-corrected chi connectivity index (χ2v) is 5.73. The smallest absolute Gasteiger partial charge is 0.227 e. The Balaban J connectivity index is 1.51. The Labute approximate surface area is 137 Å². The van der Waals surface area contributed by atoms with Crippen molar-refractivity contribution in [3.05, 3.63) is 65.7 Å². The molecule has 1 aliphatic rings. The van der Waals surface area contributed by atoms with Gasteiger partial charge in [-0.25, -0.2) is 0 Å². The molecule has 0 aromatic heterocycles. The number of hydrogen-bond donors (Lipinski definition) is 1. The van der Waals surface area contributed by atoms with E-state index >= 15 is 0 Å². The summed E-state index contributed by atoms with van der Waals surface area (Å²) < 4.78 is 5.76. The Bertz CT molecular complexity index is 620. The molecule has 1 heterocycles. The summed E-state index contributed by atoms with van der Waals surface area (Å²) in [6, 6.07) is 17.9. The van der Waals surface area contributed by atoms with Gasteiger partial charge >= 0.3 is 0 Å². The number of amides is 1. The van der Waals surface area contributed by atoms with Crippen LogP contribution in [0.1, 0.15) is 11.1 Å². The third-order valence-corrected chi connectivity index (χ3v) is 4.00. The van der Waals surface area contributed by atoms with Gasteiger partial charge in [0.15, 0.2) is 0 Å². The highest BCUT2D eigenvalue weighted by Crippen LogP contribution is 2.15. The molecule has 1 fully saturated rings. The minimum Gasteiger partial charge on any atom is -0.489 e. The summed E-state index contributed by atoms with van der Waals surface area (Å²) in [6.45, 7) is 3.93. The molecular weight excluding hydrogens is 288 g/mol. The summed E-state index contributed by atoms with van der Waals surface area (Å²) in [5.41, 5.74) is 2.17. The van der Waals surface area contributed by atoms with E-state index in [0.29, 0.717) is 13.0 Å². The molecule has 0 radical (unpaired) electrons. The van der Waals surface area contributed by atoms with Gasteiger partial charge in [0, 0.05) is 26.2 Å². The van der Waals surface area contributed by atoms with Crippen LogP contribution in [0.2, 0.25) is 0 Å². The van der Waals surface area contributed by atoms with Crippen LogP contribution in [0.25, 0.3) is 0 Å². The number of piperazine rings is 1. The van der Waals surface area contributed by atoms with Crippen LogP contribution in [-0.2, 0) is 17.8 Å². The van der Waals surface area contributed by atoms with E-state index in [4.69, 9.17) is 4.74 Å². The molecule has 0 bridgehead atoms. The summed E-state index contributed by atoms with van der Waals surface area (Å²) in [4.78, 5) is 14.2. The van der Waals surface area contributed by atoms with Crippen molar-refractivity contribution in [3.63, 3.8) is 0 Å². The molecule has 23 heavy (non-hydrogen) atoms. The van der Waals surface area contributed by atoms with Gasteiger partial charge in [-0.2, -0.15) is 0 Å². The topological polar surface area (TPSA) is 41.6 Å². The maximum Gasteiger partial charge on any atom is 0.227 e. The van der Waals surface area contributed by atoms with E-state index in [2.05, 4.69) is 5.32 Å². The average molecular weight is 310 g/mol. The largest absolute Gasteiger partial charge is 0.489 e. The number of nitrogens with one attached hydrogen (secondary N) is 1. The lowest BCUT2D eigenvalue weighted by Gasteiger charge is -2.27. The Morgan fingerprint density at radius 2 is 1.65 bits per heavy atom. The Kier molecular flexibility index (Phi) is 5.27. The van der Waals surface area contributed by atoms with Gasteiger partial charge in [-0.3, -0.25) is 4.79 Å². The number of carbonyl (C=O) groups excluding carboxylic acids is 1. The molecule has 4 heteroatoms. The highest BCUT2D eigenvalue weighted by atomic mass is 16.5. The number of rotatable bonds is 5. The van der Waals surface area contributed by atoms with Gasteiger partial charge in [0.25, 0.3) is 0 Å². The molecule has 2 aromatic rings. The lowest BCUT2D eigenvalue weighted by Crippen LogP contribution is -2.46. The zero-order valence-electron chi connectivity index (χ0n) is 13.2. The highest BCUT2D eigenvalue weighted by Gasteiger charge is 2.16. The zero-order chi connectivity index (χ0) is 15.9. The Morgan fingerprint density at radius 3 is 2.35 bits per heavy atom. The summed E-state index contributed by atoms with van der Waals surface area (Å²) >= 11 is 0. The van der Waals surface area contributed by atoms with Gasteiger partial charge in [0.1, 0.15) is 12.4 Å². The van der Waals surface area contributed by atoms with E-state index in [0.717, 1.165) is 43.1 Å². The first-order valence-electron chi connectivity index (χ1n) is 8.05. The first kappa shape index (κ1) is 15.6. The average Bonchev–Trinajstić information content (AvgIpc) is 2.63. The van der Waals surface area contributed by atoms with Crippen LogP contribution in [0.15, 0.2) is 54.6 Å². The van der Waals surface area contributed by atoms with Crippen molar-refractivity contribution in [2.45, 2.75) is 13.0 Å². The minimum absolute atomic E-state index is 0.199. The van der Waals surface area contributed by atoms with Crippen LogP contribution in [0.4, 0.5) is 0 Å². The van der Waals surface area contributed by atoms with Crippen molar-refractivity contribution >= 4 is 5.91 Å². The monoisotopic (exact) mass is 310 g/mol. The van der Waals surface area contributed by atoms with Crippen molar-refractivity contribution in [2.75, 3.05) is 26.2 Å². The maximum atomic E-state index is 12.2. The van der Waals surface area contributed by atoms with E-state index in [-0.39, 0.29) is 5.91 Å². The summed E-state index contributed by atoms with van der Waals surface area (Å²) in [5.74, 6) is 1.02. The predicted molar refractivity (Wildman–Crippen MR) is 90.4 cm³/mol. The third kappa shape index (κ3) is 4.57. The lowest BCUT2D eigenvalue weighted by atomic mass is 10.1. The number of carbonyl (C=O) groups is 1. The van der Waals surface area contributed by atoms with Gasteiger partial charge in [0.2, 0.25) is 5.91 Å². The SMILES string of the molecule is O=C(Cc1ccc(OCc2ccccc2)cc1)N1CCNCC1. The molecule has 3 rings (SSSR count). The quantitative estimate of drug-likeness (QED) is 0.921. The van der Waals surface area contributed by atoms with Gasteiger partial charge in [-0.15, -0.1) is 0 Å². The second kappa shape index (κ2) is 7.79. The van der Waals surface area contributed by atoms with Crippen LogP contribution in [-0.4, -0.2) is 37.0 Å². The molecular formula is C19H22N2O2. The molecule has 1 amide bonds. The molecule has 0 saturated carbocycles. The standard InChI is InChI=1S/C19H22N2O2/c22-19(21-12-10-20-11-13-21)14-16-6-8-18(9-7-16)23-15-17-4-2-1-3-5-17/h1-9,20H,10-15H2. The Morgan fingerprint density at radius 1 is 0.957 bits per heavy atom. The number of benzene rings is 2. The maximum absolute atomic E-state index is 12.2. The fraction of sp³-hybridized carbons (Fsp3) is 0.316. The van der Waals surface area contributed by atoms with Crippen LogP contribution < -0.4 is 10.1 Å². The second-order valence-electron chi connectivity index (χ2n) is 5.73. The molecule has 0 unspecified atom stereocenters. The van der Waals surface area contributed by atoms with E-state index in [1.165, 1.54) is 0 Å². The zero-order valence-corrected chi connectivity index (χ0v) is 13.2. The lowest BCUT2D eigenvalue weighted by molar-refractivity contribution is -0.131. The minimum atomic E-state index is 0.199. The van der Waals surface area contributed by atoms with Crippen LogP contribution in [0.5, 0.6) is 5.75 Å². The van der Waals surface area contributed by atoms with Crippen LogP contribution in [0, 0.1) is 0 Å². The highest BCUT2D eigenvalue weighted by molar-refractivity contribution is 5.78. The van der Waals surface area contributed by atoms with Crippen LogP contribution in [0.3, 0.4) is 0 Å². The summed E-state index contributed by atoms with van der Waals surface area (Å²) in [5, 5.41) is 3.26. The number of ether oxygens (including phenoxy) is 1. The number of nitrogens with zero attached hydrogens (tertiary/aromatic N) is 1. The van der Waals surface area contributed by atoms with E-state index in [1.807, 2.05) is 59.5 Å². The Hall–Kier alpha value is -2.33. The van der Waals surface area contributed by atoms with E-state index in [1.54, 1.807) is 0 Å². The van der Waals surface area contributed by atoms with E-state index in [9.17, 15) is 4.79 Å². The first-order chi connectivity index (χ1) is 11.3. The van der Waals surface area contributed by atoms with E-state index < -0.39 is 0 Å². The van der Waals surface area contributed by atoms with Gasteiger partial charge in [-0.05, 0) is 23.3 Å². The van der Waals surface area contributed by atoms with Crippen LogP contribution >= 0.6 is 0 Å². The molecule has 0 aliphatic carbocycles. The van der Waals surface area contributed by atoms with Crippen molar-refractivity contribution < 1.29 is 9.53 Å². The normalized spacial score (nSPS) is 14.5.